The van der Waals surface area contributed by atoms with E-state index in [-0.39, 0.29) is 6.61 Å². The second-order valence-corrected chi connectivity index (χ2v) is 6.48. The van der Waals surface area contributed by atoms with Crippen LogP contribution in [0.4, 0.5) is 0 Å². The van der Waals surface area contributed by atoms with Crippen molar-refractivity contribution in [2.75, 3.05) is 26.2 Å². The molecule has 1 amide bonds. The number of H-pyrrole nitrogens is 1. The van der Waals surface area contributed by atoms with Crippen molar-refractivity contribution in [2.45, 2.75) is 44.7 Å². The Bertz CT molecular complexity index is 477. The number of likely N-dealkylation sites (tertiary alicyclic amines) is 2. The monoisotopic (exact) mass is 306 g/mol. The summed E-state index contributed by atoms with van der Waals surface area (Å²) in [4.78, 5) is 24.0. The SMILES string of the molecule is O=C1CCC2CN(Cc3cnc[nH]3)CCC2N1CCCCO. The number of rotatable bonds is 6. The van der Waals surface area contributed by atoms with E-state index < -0.39 is 0 Å². The molecule has 3 heterocycles. The number of aliphatic hydroxyl groups is 1. The predicted molar refractivity (Wildman–Crippen MR) is 83.0 cm³/mol. The van der Waals surface area contributed by atoms with Crippen LogP contribution in [0, 0.1) is 5.92 Å². The Labute approximate surface area is 131 Å². The first-order valence-electron chi connectivity index (χ1n) is 8.38. The molecule has 2 N–H and O–H groups in total. The van der Waals surface area contributed by atoms with Gasteiger partial charge in [-0.05, 0) is 31.6 Å². The summed E-state index contributed by atoms with van der Waals surface area (Å²) in [5.41, 5.74) is 1.16. The van der Waals surface area contributed by atoms with Crippen molar-refractivity contribution in [3.63, 3.8) is 0 Å². The van der Waals surface area contributed by atoms with Crippen LogP contribution in [0.15, 0.2) is 12.5 Å². The van der Waals surface area contributed by atoms with Crippen molar-refractivity contribution in [1.82, 2.24) is 19.8 Å². The number of fused-ring (bicyclic) bond motifs is 1. The zero-order valence-electron chi connectivity index (χ0n) is 13.1. The summed E-state index contributed by atoms with van der Waals surface area (Å²) in [6.07, 6.45) is 8.06. The fraction of sp³-hybridized carbons (Fsp3) is 0.750. The van der Waals surface area contributed by atoms with Crippen molar-refractivity contribution >= 4 is 5.91 Å². The molecule has 3 rings (SSSR count). The number of carbonyl (C=O) groups is 1. The molecule has 0 aromatic carbocycles. The first-order valence-corrected chi connectivity index (χ1v) is 8.38. The van der Waals surface area contributed by atoms with Crippen LogP contribution >= 0.6 is 0 Å². The number of piperidine rings is 2. The molecule has 0 saturated carbocycles. The number of hydrogen-bond donors (Lipinski definition) is 2. The van der Waals surface area contributed by atoms with Crippen LogP contribution in [-0.4, -0.2) is 63.1 Å². The molecular formula is C16H26N4O2. The third-order valence-electron chi connectivity index (χ3n) is 4.98. The van der Waals surface area contributed by atoms with Gasteiger partial charge in [0.2, 0.25) is 5.91 Å². The topological polar surface area (TPSA) is 72.5 Å². The molecule has 6 nitrogen and oxygen atoms in total. The third kappa shape index (κ3) is 3.50. The maximum Gasteiger partial charge on any atom is 0.222 e. The fourth-order valence-corrected chi connectivity index (χ4v) is 3.87. The summed E-state index contributed by atoms with van der Waals surface area (Å²) in [5, 5.41) is 8.93. The lowest BCUT2D eigenvalue weighted by Gasteiger charge is -2.47. The molecule has 122 valence electrons. The molecular weight excluding hydrogens is 280 g/mol. The van der Waals surface area contributed by atoms with Crippen molar-refractivity contribution in [1.29, 1.82) is 0 Å². The minimum Gasteiger partial charge on any atom is -0.396 e. The summed E-state index contributed by atoms with van der Waals surface area (Å²) in [7, 11) is 0. The molecule has 0 radical (unpaired) electrons. The lowest BCUT2D eigenvalue weighted by atomic mass is 9.83. The number of nitrogens with one attached hydrogen (secondary N) is 1. The molecule has 2 atom stereocenters. The number of hydrogen-bond acceptors (Lipinski definition) is 4. The Morgan fingerprint density at radius 3 is 3.05 bits per heavy atom. The molecule has 2 saturated heterocycles. The van der Waals surface area contributed by atoms with E-state index in [0.717, 1.165) is 57.6 Å². The van der Waals surface area contributed by atoms with Gasteiger partial charge in [-0.1, -0.05) is 0 Å². The minimum atomic E-state index is 0.216. The van der Waals surface area contributed by atoms with Crippen LogP contribution in [-0.2, 0) is 11.3 Å². The maximum atomic E-state index is 12.2. The largest absolute Gasteiger partial charge is 0.396 e. The molecule has 2 fully saturated rings. The van der Waals surface area contributed by atoms with Crippen LogP contribution in [0.3, 0.4) is 0 Å². The summed E-state index contributed by atoms with van der Waals surface area (Å²) in [6, 6.07) is 0.401. The van der Waals surface area contributed by atoms with E-state index in [1.54, 1.807) is 6.33 Å². The Hall–Kier alpha value is -1.40. The second-order valence-electron chi connectivity index (χ2n) is 6.48. The average molecular weight is 306 g/mol. The molecule has 0 aliphatic carbocycles. The van der Waals surface area contributed by atoms with Crippen LogP contribution in [0.1, 0.15) is 37.8 Å². The summed E-state index contributed by atoms with van der Waals surface area (Å²) < 4.78 is 0. The number of aromatic amines is 1. The van der Waals surface area contributed by atoms with E-state index in [1.807, 2.05) is 6.20 Å². The zero-order valence-corrected chi connectivity index (χ0v) is 13.1. The van der Waals surface area contributed by atoms with Gasteiger partial charge in [0.1, 0.15) is 0 Å². The highest BCUT2D eigenvalue weighted by molar-refractivity contribution is 5.77. The van der Waals surface area contributed by atoms with Gasteiger partial charge in [0.25, 0.3) is 0 Å². The van der Waals surface area contributed by atoms with Crippen molar-refractivity contribution in [3.8, 4) is 0 Å². The maximum absolute atomic E-state index is 12.2. The van der Waals surface area contributed by atoms with Crippen LogP contribution in [0.5, 0.6) is 0 Å². The molecule has 22 heavy (non-hydrogen) atoms. The van der Waals surface area contributed by atoms with Gasteiger partial charge in [-0.25, -0.2) is 4.98 Å². The number of nitrogens with zero attached hydrogens (tertiary/aromatic N) is 3. The summed E-state index contributed by atoms with van der Waals surface area (Å²) in [6.45, 7) is 4.04. The normalized spacial score (nSPS) is 26.2. The van der Waals surface area contributed by atoms with E-state index in [4.69, 9.17) is 5.11 Å². The Balaban J connectivity index is 1.57. The van der Waals surface area contributed by atoms with Gasteiger partial charge in [-0.3, -0.25) is 9.69 Å². The van der Waals surface area contributed by atoms with Gasteiger partial charge in [-0.15, -0.1) is 0 Å². The summed E-state index contributed by atoms with van der Waals surface area (Å²) in [5.74, 6) is 0.893. The molecule has 6 heteroatoms. The van der Waals surface area contributed by atoms with E-state index >= 15 is 0 Å². The van der Waals surface area contributed by atoms with Crippen molar-refractivity contribution in [3.05, 3.63) is 18.2 Å². The van der Waals surface area contributed by atoms with E-state index in [0.29, 0.717) is 24.3 Å². The lowest BCUT2D eigenvalue weighted by Crippen LogP contribution is -2.56. The number of carbonyl (C=O) groups excluding carboxylic acids is 1. The second kappa shape index (κ2) is 7.24. The van der Waals surface area contributed by atoms with Gasteiger partial charge in [0, 0.05) is 57.1 Å². The molecule has 1 aromatic heterocycles. The van der Waals surface area contributed by atoms with E-state index in [1.165, 1.54) is 0 Å². The smallest absolute Gasteiger partial charge is 0.222 e. The number of imidazole rings is 1. The molecule has 0 spiro atoms. The van der Waals surface area contributed by atoms with Gasteiger partial charge in [0.15, 0.2) is 0 Å². The number of aliphatic hydroxyl groups excluding tert-OH is 1. The Morgan fingerprint density at radius 1 is 1.36 bits per heavy atom. The zero-order chi connectivity index (χ0) is 15.4. The third-order valence-corrected chi connectivity index (χ3v) is 4.98. The van der Waals surface area contributed by atoms with Gasteiger partial charge in [0.05, 0.1) is 6.33 Å². The molecule has 0 bridgehead atoms. The highest BCUT2D eigenvalue weighted by Gasteiger charge is 2.38. The minimum absolute atomic E-state index is 0.216. The van der Waals surface area contributed by atoms with Crippen LogP contribution in [0.2, 0.25) is 0 Å². The van der Waals surface area contributed by atoms with E-state index in [2.05, 4.69) is 19.8 Å². The van der Waals surface area contributed by atoms with E-state index in [9.17, 15) is 4.79 Å². The molecule has 2 unspecified atom stereocenters. The molecule has 1 aromatic rings. The quantitative estimate of drug-likeness (QED) is 0.769. The fourth-order valence-electron chi connectivity index (χ4n) is 3.87. The number of aromatic nitrogens is 2. The van der Waals surface area contributed by atoms with Crippen molar-refractivity contribution < 1.29 is 9.90 Å². The molecule has 2 aliphatic rings. The Morgan fingerprint density at radius 2 is 2.27 bits per heavy atom. The number of unbranched alkanes of at least 4 members (excludes halogenated alkanes) is 1. The highest BCUT2D eigenvalue weighted by Crippen LogP contribution is 2.31. The first kappa shape index (κ1) is 15.5. The predicted octanol–water partition coefficient (Wildman–Crippen LogP) is 0.995. The standard InChI is InChI=1S/C16H26N4O2/c21-8-2-1-6-20-15-5-7-19(11-14-9-17-12-18-14)10-13(15)3-4-16(20)22/h9,12-13,15,21H,1-8,10-11H2,(H,17,18). The van der Waals surface area contributed by atoms with Crippen molar-refractivity contribution in [2.24, 2.45) is 5.92 Å². The molecule has 2 aliphatic heterocycles. The first-order chi connectivity index (χ1) is 10.8. The van der Waals surface area contributed by atoms with Gasteiger partial charge in [-0.2, -0.15) is 0 Å². The van der Waals surface area contributed by atoms with Gasteiger partial charge >= 0.3 is 0 Å². The number of amides is 1. The van der Waals surface area contributed by atoms with Crippen LogP contribution < -0.4 is 0 Å². The van der Waals surface area contributed by atoms with Gasteiger partial charge < -0.3 is 15.0 Å². The summed E-state index contributed by atoms with van der Waals surface area (Å²) >= 11 is 0. The Kier molecular flexibility index (Phi) is 5.10. The highest BCUT2D eigenvalue weighted by atomic mass is 16.3. The lowest BCUT2D eigenvalue weighted by molar-refractivity contribution is -0.141. The van der Waals surface area contributed by atoms with Crippen LogP contribution in [0.25, 0.3) is 0 Å². The average Bonchev–Trinajstić information content (AvgIpc) is 3.02.